The van der Waals surface area contributed by atoms with Gasteiger partial charge in [-0.3, -0.25) is 9.59 Å². The second-order valence-electron chi connectivity index (χ2n) is 6.08. The quantitative estimate of drug-likeness (QED) is 0.848. The van der Waals surface area contributed by atoms with E-state index in [1.807, 2.05) is 30.9 Å². The van der Waals surface area contributed by atoms with E-state index in [1.54, 1.807) is 0 Å². The van der Waals surface area contributed by atoms with Crippen LogP contribution in [0.5, 0.6) is 0 Å². The zero-order valence-corrected chi connectivity index (χ0v) is 14.2. The molecule has 0 bridgehead atoms. The Labute approximate surface area is 138 Å². The summed E-state index contributed by atoms with van der Waals surface area (Å²) in [7, 11) is 0. The smallest absolute Gasteiger partial charge is 0.309 e. The number of nitrogens with one attached hydrogen (secondary N) is 1. The molecule has 5 nitrogen and oxygen atoms in total. The number of carbonyl (C=O) groups is 2. The van der Waals surface area contributed by atoms with Gasteiger partial charge in [0.2, 0.25) is 5.91 Å². The van der Waals surface area contributed by atoms with Crippen molar-refractivity contribution in [2.75, 3.05) is 31.6 Å². The molecule has 0 spiro atoms. The van der Waals surface area contributed by atoms with Gasteiger partial charge in [-0.05, 0) is 45.2 Å². The summed E-state index contributed by atoms with van der Waals surface area (Å²) in [5, 5.41) is 3.21. The van der Waals surface area contributed by atoms with Crippen molar-refractivity contribution in [1.82, 2.24) is 4.90 Å². The first-order chi connectivity index (χ1) is 11.0. The zero-order valence-electron chi connectivity index (χ0n) is 14.2. The predicted molar refractivity (Wildman–Crippen MR) is 90.3 cm³/mol. The van der Waals surface area contributed by atoms with Gasteiger partial charge in [-0.1, -0.05) is 17.7 Å². The summed E-state index contributed by atoms with van der Waals surface area (Å²) in [4.78, 5) is 25.8. The van der Waals surface area contributed by atoms with Crippen LogP contribution in [-0.4, -0.2) is 43.0 Å². The number of likely N-dealkylation sites (tertiary alicyclic amines) is 1. The van der Waals surface area contributed by atoms with Crippen molar-refractivity contribution in [3.63, 3.8) is 0 Å². The molecular formula is C18H26N2O3. The molecule has 1 aromatic carbocycles. The van der Waals surface area contributed by atoms with Crippen LogP contribution in [0.4, 0.5) is 5.69 Å². The fourth-order valence-electron chi connectivity index (χ4n) is 2.92. The lowest BCUT2D eigenvalue weighted by molar-refractivity contribution is -0.151. The highest BCUT2D eigenvalue weighted by Crippen LogP contribution is 2.19. The number of hydrogen-bond acceptors (Lipinski definition) is 4. The van der Waals surface area contributed by atoms with Gasteiger partial charge in [0.1, 0.15) is 0 Å². The first-order valence-electron chi connectivity index (χ1n) is 8.26. The highest BCUT2D eigenvalue weighted by Gasteiger charge is 2.27. The molecule has 1 saturated heterocycles. The predicted octanol–water partition coefficient (Wildman–Crippen LogP) is 2.52. The van der Waals surface area contributed by atoms with Crippen LogP contribution in [0.25, 0.3) is 0 Å². The van der Waals surface area contributed by atoms with Gasteiger partial charge >= 0.3 is 5.97 Å². The maximum atomic E-state index is 12.3. The van der Waals surface area contributed by atoms with E-state index >= 15 is 0 Å². The maximum Gasteiger partial charge on any atom is 0.309 e. The van der Waals surface area contributed by atoms with Gasteiger partial charge in [0.05, 0.1) is 19.1 Å². The number of hydrogen-bond donors (Lipinski definition) is 1. The van der Waals surface area contributed by atoms with Gasteiger partial charge in [-0.2, -0.15) is 0 Å². The van der Waals surface area contributed by atoms with Crippen LogP contribution >= 0.6 is 0 Å². The van der Waals surface area contributed by atoms with Crippen LogP contribution in [-0.2, 0) is 14.3 Å². The molecule has 126 valence electrons. The summed E-state index contributed by atoms with van der Waals surface area (Å²) in [5.41, 5.74) is 3.34. The SMILES string of the molecule is CCOC(=O)C1CCN(C(=O)CNc2ccc(C)cc2C)CC1. The number of carbonyl (C=O) groups excluding carboxylic acids is 2. The van der Waals surface area contributed by atoms with Crippen molar-refractivity contribution < 1.29 is 14.3 Å². The molecule has 0 aromatic heterocycles. The summed E-state index contributed by atoms with van der Waals surface area (Å²) < 4.78 is 5.05. The van der Waals surface area contributed by atoms with Crippen molar-refractivity contribution in [1.29, 1.82) is 0 Å². The minimum atomic E-state index is -0.131. The molecule has 0 saturated carbocycles. The largest absolute Gasteiger partial charge is 0.466 e. The topological polar surface area (TPSA) is 58.6 Å². The fourth-order valence-corrected chi connectivity index (χ4v) is 2.92. The third-order valence-corrected chi connectivity index (χ3v) is 4.28. The molecule has 1 aliphatic rings. The van der Waals surface area contributed by atoms with E-state index in [2.05, 4.69) is 18.3 Å². The number of esters is 1. The average Bonchev–Trinajstić information content (AvgIpc) is 2.54. The van der Waals surface area contributed by atoms with Gasteiger partial charge < -0.3 is 15.0 Å². The number of benzene rings is 1. The van der Waals surface area contributed by atoms with Gasteiger partial charge in [-0.25, -0.2) is 0 Å². The van der Waals surface area contributed by atoms with Gasteiger partial charge in [0.15, 0.2) is 0 Å². The van der Waals surface area contributed by atoms with E-state index in [9.17, 15) is 9.59 Å². The van der Waals surface area contributed by atoms with Crippen LogP contribution in [0.1, 0.15) is 30.9 Å². The third kappa shape index (κ3) is 4.71. The lowest BCUT2D eigenvalue weighted by atomic mass is 9.97. The van der Waals surface area contributed by atoms with Crippen molar-refractivity contribution in [2.45, 2.75) is 33.6 Å². The Hall–Kier alpha value is -2.04. The second-order valence-corrected chi connectivity index (χ2v) is 6.08. The van der Waals surface area contributed by atoms with Crippen molar-refractivity contribution in [3.8, 4) is 0 Å². The van der Waals surface area contributed by atoms with Crippen LogP contribution in [0, 0.1) is 19.8 Å². The molecule has 0 aliphatic carbocycles. The number of nitrogens with zero attached hydrogens (tertiary/aromatic N) is 1. The third-order valence-electron chi connectivity index (χ3n) is 4.28. The minimum Gasteiger partial charge on any atom is -0.466 e. The minimum absolute atomic E-state index is 0.0636. The van der Waals surface area contributed by atoms with Crippen molar-refractivity contribution >= 4 is 17.6 Å². The van der Waals surface area contributed by atoms with Gasteiger partial charge in [0, 0.05) is 18.8 Å². The zero-order chi connectivity index (χ0) is 16.8. The highest BCUT2D eigenvalue weighted by atomic mass is 16.5. The number of amides is 1. The number of aryl methyl sites for hydroxylation is 2. The van der Waals surface area contributed by atoms with Crippen molar-refractivity contribution in [3.05, 3.63) is 29.3 Å². The number of ether oxygens (including phenoxy) is 1. The molecular weight excluding hydrogens is 292 g/mol. The summed E-state index contributed by atoms with van der Waals surface area (Å²) in [6.45, 7) is 7.84. The maximum absolute atomic E-state index is 12.3. The second kappa shape index (κ2) is 7.99. The van der Waals surface area contributed by atoms with Crippen molar-refractivity contribution in [2.24, 2.45) is 5.92 Å². The molecule has 2 rings (SSSR count). The molecule has 5 heteroatoms. The molecule has 1 aromatic rings. The Kier molecular flexibility index (Phi) is 6.02. The standard InChI is InChI=1S/C18H26N2O3/c1-4-23-18(22)15-7-9-20(10-8-15)17(21)12-19-16-6-5-13(2)11-14(16)3/h5-6,11,15,19H,4,7-10,12H2,1-3H3. The normalized spacial score (nSPS) is 15.3. The van der Waals surface area contributed by atoms with E-state index in [-0.39, 0.29) is 24.3 Å². The Bertz CT molecular complexity index is 563. The summed E-state index contributed by atoms with van der Waals surface area (Å²) in [6, 6.07) is 6.13. The monoisotopic (exact) mass is 318 g/mol. The molecule has 0 radical (unpaired) electrons. The van der Waals surface area contributed by atoms with E-state index in [0.717, 1.165) is 11.3 Å². The molecule has 1 N–H and O–H groups in total. The lowest BCUT2D eigenvalue weighted by Gasteiger charge is -2.31. The molecule has 0 atom stereocenters. The van der Waals surface area contributed by atoms with E-state index in [0.29, 0.717) is 32.5 Å². The lowest BCUT2D eigenvalue weighted by Crippen LogP contribution is -2.43. The molecule has 0 unspecified atom stereocenters. The number of rotatable bonds is 5. The summed E-state index contributed by atoms with van der Waals surface area (Å²) in [6.07, 6.45) is 1.38. The van der Waals surface area contributed by atoms with Gasteiger partial charge in [-0.15, -0.1) is 0 Å². The molecule has 1 amide bonds. The number of anilines is 1. The Morgan fingerprint density at radius 1 is 1.26 bits per heavy atom. The Morgan fingerprint density at radius 2 is 1.96 bits per heavy atom. The van der Waals surface area contributed by atoms with Crippen LogP contribution in [0.2, 0.25) is 0 Å². The van der Waals surface area contributed by atoms with E-state index < -0.39 is 0 Å². The van der Waals surface area contributed by atoms with Crippen LogP contribution < -0.4 is 5.32 Å². The first kappa shape index (κ1) is 17.3. The highest BCUT2D eigenvalue weighted by molar-refractivity contribution is 5.81. The average molecular weight is 318 g/mol. The fraction of sp³-hybridized carbons (Fsp3) is 0.556. The molecule has 23 heavy (non-hydrogen) atoms. The Balaban J connectivity index is 1.80. The van der Waals surface area contributed by atoms with Crippen LogP contribution in [0.3, 0.4) is 0 Å². The molecule has 1 fully saturated rings. The molecule has 1 heterocycles. The summed E-state index contributed by atoms with van der Waals surface area (Å²) in [5.74, 6) is -0.119. The van der Waals surface area contributed by atoms with Gasteiger partial charge in [0.25, 0.3) is 0 Å². The molecule has 1 aliphatic heterocycles. The van der Waals surface area contributed by atoms with E-state index in [1.165, 1.54) is 5.56 Å². The van der Waals surface area contributed by atoms with E-state index in [4.69, 9.17) is 4.74 Å². The number of piperidine rings is 1. The summed E-state index contributed by atoms with van der Waals surface area (Å²) >= 11 is 0. The Morgan fingerprint density at radius 3 is 2.57 bits per heavy atom. The first-order valence-corrected chi connectivity index (χ1v) is 8.26. The van der Waals surface area contributed by atoms with Crippen LogP contribution in [0.15, 0.2) is 18.2 Å².